The third kappa shape index (κ3) is 3.72. The summed E-state index contributed by atoms with van der Waals surface area (Å²) >= 11 is 0. The van der Waals surface area contributed by atoms with E-state index in [1.165, 1.54) is 55.6 Å². The first-order chi connectivity index (χ1) is 15.7. The number of hydrogen-bond acceptors (Lipinski definition) is 0. The molecule has 0 heterocycles. The molecule has 0 atom stereocenters. The van der Waals surface area contributed by atoms with Crippen molar-refractivity contribution in [2.45, 2.75) is 58.8 Å². The van der Waals surface area contributed by atoms with Crippen LogP contribution in [0.15, 0.2) is 84.9 Å². The number of fused-ring (bicyclic) bond motifs is 3. The zero-order valence-corrected chi connectivity index (χ0v) is 20.8. The molecule has 0 saturated heterocycles. The van der Waals surface area contributed by atoms with Gasteiger partial charge in [-0.25, -0.2) is 0 Å². The summed E-state index contributed by atoms with van der Waals surface area (Å²) in [5.41, 5.74) is 14.1. The fraction of sp³-hybridized carbons (Fsp3) is 0.273. The van der Waals surface area contributed by atoms with E-state index in [1.54, 1.807) is 0 Å². The highest BCUT2D eigenvalue weighted by Crippen LogP contribution is 2.49. The molecular formula is C33H34. The summed E-state index contributed by atoms with van der Waals surface area (Å²) in [4.78, 5) is 0. The second-order valence-electron chi connectivity index (χ2n) is 11.4. The quantitative estimate of drug-likeness (QED) is 0.262. The van der Waals surface area contributed by atoms with Gasteiger partial charge in [-0.15, -0.1) is 0 Å². The first-order valence-electron chi connectivity index (χ1n) is 12.1. The summed E-state index contributed by atoms with van der Waals surface area (Å²) < 4.78 is 0. The molecule has 0 saturated carbocycles. The van der Waals surface area contributed by atoms with Gasteiger partial charge in [0.1, 0.15) is 0 Å². The van der Waals surface area contributed by atoms with Crippen LogP contribution in [0.4, 0.5) is 0 Å². The van der Waals surface area contributed by atoms with Gasteiger partial charge in [0.05, 0.1) is 0 Å². The van der Waals surface area contributed by atoms with Crippen LogP contribution in [-0.4, -0.2) is 0 Å². The van der Waals surface area contributed by atoms with Crippen molar-refractivity contribution in [2.24, 2.45) is 0 Å². The van der Waals surface area contributed by atoms with E-state index in [-0.39, 0.29) is 10.8 Å². The van der Waals surface area contributed by atoms with Gasteiger partial charge in [-0.3, -0.25) is 0 Å². The molecule has 0 heteroatoms. The molecule has 0 fully saturated rings. The van der Waals surface area contributed by atoms with E-state index in [2.05, 4.69) is 126 Å². The van der Waals surface area contributed by atoms with Crippen molar-refractivity contribution < 1.29 is 0 Å². The molecule has 0 radical (unpaired) electrons. The maximum atomic E-state index is 2.38. The third-order valence-electron chi connectivity index (χ3n) is 7.02. The van der Waals surface area contributed by atoms with Crippen LogP contribution in [0, 0.1) is 0 Å². The standard InChI is InChI=1S/C33H34/c1-32(2,3)29-17-11-9-15-25(29)26-20-19-24-23-14-8-7-13-22(23)21-28(24)31(26)27-16-10-12-18-30(27)33(4,5)6/h7-20H,21H2,1-6H3. The highest BCUT2D eigenvalue weighted by Gasteiger charge is 2.29. The molecule has 4 aromatic rings. The normalized spacial score (nSPS) is 13.0. The summed E-state index contributed by atoms with van der Waals surface area (Å²) in [6.45, 7) is 13.9. The van der Waals surface area contributed by atoms with Crippen LogP contribution in [0.2, 0.25) is 0 Å². The van der Waals surface area contributed by atoms with E-state index in [4.69, 9.17) is 0 Å². The van der Waals surface area contributed by atoms with Gasteiger partial charge < -0.3 is 0 Å². The molecule has 0 nitrogen and oxygen atoms in total. The monoisotopic (exact) mass is 430 g/mol. The van der Waals surface area contributed by atoms with Gasteiger partial charge in [0.2, 0.25) is 0 Å². The summed E-state index contributed by atoms with van der Waals surface area (Å²) in [5.74, 6) is 0. The highest BCUT2D eigenvalue weighted by atomic mass is 14.3. The lowest BCUT2D eigenvalue weighted by atomic mass is 9.76. The summed E-state index contributed by atoms with van der Waals surface area (Å²) in [5, 5.41) is 0. The fourth-order valence-corrected chi connectivity index (χ4v) is 5.47. The Bertz CT molecular complexity index is 1340. The van der Waals surface area contributed by atoms with Crippen LogP contribution in [-0.2, 0) is 17.3 Å². The van der Waals surface area contributed by atoms with E-state index in [0.717, 1.165) is 6.42 Å². The number of rotatable bonds is 2. The van der Waals surface area contributed by atoms with E-state index in [9.17, 15) is 0 Å². The SMILES string of the molecule is CC(C)(C)c1ccccc1-c1ccc2c(c1-c1ccccc1C(C)(C)C)Cc1ccccc1-2. The van der Waals surface area contributed by atoms with E-state index < -0.39 is 0 Å². The summed E-state index contributed by atoms with van der Waals surface area (Å²) in [6, 6.07) is 31.7. The Labute approximate surface area is 199 Å². The Morgan fingerprint density at radius 1 is 0.455 bits per heavy atom. The maximum absolute atomic E-state index is 2.38. The topological polar surface area (TPSA) is 0 Å². The molecule has 0 aliphatic heterocycles. The Morgan fingerprint density at radius 2 is 0.939 bits per heavy atom. The van der Waals surface area contributed by atoms with Gasteiger partial charge in [-0.05, 0) is 72.9 Å². The molecular weight excluding hydrogens is 396 g/mol. The van der Waals surface area contributed by atoms with Crippen LogP contribution in [0.1, 0.15) is 63.8 Å². The molecule has 0 unspecified atom stereocenters. The lowest BCUT2D eigenvalue weighted by molar-refractivity contribution is 0.591. The minimum atomic E-state index is 0.0611. The predicted octanol–water partition coefficient (Wildman–Crippen LogP) is 9.19. The fourth-order valence-electron chi connectivity index (χ4n) is 5.47. The molecule has 33 heavy (non-hydrogen) atoms. The van der Waals surface area contributed by atoms with Crippen LogP contribution in [0.25, 0.3) is 33.4 Å². The van der Waals surface area contributed by atoms with Gasteiger partial charge in [-0.1, -0.05) is 126 Å². The van der Waals surface area contributed by atoms with Gasteiger partial charge in [0.25, 0.3) is 0 Å². The molecule has 4 aromatic carbocycles. The first kappa shape index (κ1) is 21.7. The van der Waals surface area contributed by atoms with Crippen molar-refractivity contribution in [1.82, 2.24) is 0 Å². The largest absolute Gasteiger partial charge is 0.0619 e. The first-order valence-corrected chi connectivity index (χ1v) is 12.1. The highest BCUT2D eigenvalue weighted by molar-refractivity contribution is 5.95. The Kier molecular flexibility index (Phi) is 5.09. The van der Waals surface area contributed by atoms with Crippen molar-refractivity contribution in [3.63, 3.8) is 0 Å². The molecule has 0 aromatic heterocycles. The van der Waals surface area contributed by atoms with Crippen molar-refractivity contribution in [1.29, 1.82) is 0 Å². The molecule has 1 aliphatic carbocycles. The Hall–Kier alpha value is -3.12. The Balaban J connectivity index is 1.88. The second-order valence-corrected chi connectivity index (χ2v) is 11.4. The zero-order valence-electron chi connectivity index (χ0n) is 20.8. The van der Waals surface area contributed by atoms with Gasteiger partial charge >= 0.3 is 0 Å². The molecule has 5 rings (SSSR count). The molecule has 166 valence electrons. The zero-order chi connectivity index (χ0) is 23.4. The third-order valence-corrected chi connectivity index (χ3v) is 7.02. The van der Waals surface area contributed by atoms with E-state index in [0.29, 0.717) is 0 Å². The molecule has 0 spiro atoms. The number of benzene rings is 4. The van der Waals surface area contributed by atoms with Crippen molar-refractivity contribution in [3.8, 4) is 33.4 Å². The summed E-state index contributed by atoms with van der Waals surface area (Å²) in [6.07, 6.45) is 0.991. The van der Waals surface area contributed by atoms with Gasteiger partial charge in [0, 0.05) is 0 Å². The maximum Gasteiger partial charge on any atom is -0.000706 e. The summed E-state index contributed by atoms with van der Waals surface area (Å²) in [7, 11) is 0. The minimum absolute atomic E-state index is 0.0611. The second kappa shape index (κ2) is 7.73. The van der Waals surface area contributed by atoms with Crippen LogP contribution in [0.3, 0.4) is 0 Å². The smallest absolute Gasteiger partial charge is 0.000706 e. The van der Waals surface area contributed by atoms with Crippen LogP contribution < -0.4 is 0 Å². The molecule has 0 amide bonds. The molecule has 0 bridgehead atoms. The van der Waals surface area contributed by atoms with Gasteiger partial charge in [0.15, 0.2) is 0 Å². The van der Waals surface area contributed by atoms with Crippen LogP contribution >= 0.6 is 0 Å². The van der Waals surface area contributed by atoms with E-state index in [1.807, 2.05) is 0 Å². The Morgan fingerprint density at radius 3 is 1.58 bits per heavy atom. The van der Waals surface area contributed by atoms with Crippen LogP contribution in [0.5, 0.6) is 0 Å². The minimum Gasteiger partial charge on any atom is -0.0619 e. The van der Waals surface area contributed by atoms with Gasteiger partial charge in [-0.2, -0.15) is 0 Å². The van der Waals surface area contributed by atoms with Crippen molar-refractivity contribution in [3.05, 3.63) is 107 Å². The lowest BCUT2D eigenvalue weighted by Gasteiger charge is -2.28. The average Bonchev–Trinajstić information content (AvgIpc) is 3.16. The number of hydrogen-bond donors (Lipinski definition) is 0. The average molecular weight is 431 g/mol. The molecule has 0 N–H and O–H groups in total. The van der Waals surface area contributed by atoms with Crippen molar-refractivity contribution >= 4 is 0 Å². The van der Waals surface area contributed by atoms with E-state index >= 15 is 0 Å². The van der Waals surface area contributed by atoms with Crippen molar-refractivity contribution in [2.75, 3.05) is 0 Å². The predicted molar refractivity (Wildman–Crippen MR) is 143 cm³/mol. The lowest BCUT2D eigenvalue weighted by Crippen LogP contribution is -2.14. The molecule has 1 aliphatic rings.